The van der Waals surface area contributed by atoms with Gasteiger partial charge in [-0.05, 0) is 134 Å². The van der Waals surface area contributed by atoms with Crippen molar-refractivity contribution in [2.45, 2.75) is 114 Å². The Bertz CT molecular complexity index is 3510. The summed E-state index contributed by atoms with van der Waals surface area (Å²) in [7, 11) is 1.57. The molecule has 2 fully saturated rings. The summed E-state index contributed by atoms with van der Waals surface area (Å²) < 4.78 is 5.22. The van der Waals surface area contributed by atoms with Gasteiger partial charge in [0.1, 0.15) is 29.9 Å². The smallest absolute Gasteiger partial charge is 0.327 e. The molecule has 4 aromatic rings. The molecule has 105 heavy (non-hydrogen) atoms. The summed E-state index contributed by atoms with van der Waals surface area (Å²) >= 11 is 0.761. The number of aryl methyl sites for hydroxylation is 1. The molecule has 32 nitrogen and oxygen atoms in total. The molecule has 1 heterocycles. The van der Waals surface area contributed by atoms with Crippen molar-refractivity contribution in [3.05, 3.63) is 90.0 Å². The summed E-state index contributed by atoms with van der Waals surface area (Å²) in [5.74, 6) is -10.4. The lowest BCUT2D eigenvalue weighted by atomic mass is 9.81. The number of methoxy groups -OCH3 is 1. The zero-order valence-electron chi connectivity index (χ0n) is 59.2. The van der Waals surface area contributed by atoms with E-state index >= 15 is 0 Å². The van der Waals surface area contributed by atoms with Crippen molar-refractivity contribution >= 4 is 111 Å². The van der Waals surface area contributed by atoms with Crippen LogP contribution in [0.15, 0.2) is 78.9 Å². The topological polar surface area (TPSA) is 462 Å². The number of thioether (sulfide) groups is 1. The molecule has 0 radical (unpaired) electrons. The largest absolute Gasteiger partial charge is 0.497 e. The van der Waals surface area contributed by atoms with E-state index < -0.39 is 102 Å². The second-order valence-corrected chi connectivity index (χ2v) is 27.4. The lowest BCUT2D eigenvalue weighted by molar-refractivity contribution is -0.140. The number of carboxylic acid groups (broad SMARTS) is 6. The van der Waals surface area contributed by atoms with Gasteiger partial charge >= 0.3 is 41.8 Å². The Morgan fingerprint density at radius 2 is 1.00 bits per heavy atom. The number of hydrogen-bond acceptors (Lipinski definition) is 19. The zero-order valence-corrected chi connectivity index (χ0v) is 60.0. The first-order valence-corrected chi connectivity index (χ1v) is 36.6. The van der Waals surface area contributed by atoms with Crippen LogP contribution in [0, 0.1) is 11.8 Å². The van der Waals surface area contributed by atoms with Gasteiger partial charge in [0.05, 0.1) is 45.6 Å². The second-order valence-electron chi connectivity index (χ2n) is 26.4. The van der Waals surface area contributed by atoms with Crippen molar-refractivity contribution in [1.29, 1.82) is 0 Å². The summed E-state index contributed by atoms with van der Waals surface area (Å²) in [6.07, 6.45) is 4.50. The van der Waals surface area contributed by atoms with Gasteiger partial charge < -0.3 is 77.9 Å². The van der Waals surface area contributed by atoms with E-state index in [1.54, 1.807) is 26.7 Å². The molecule has 0 bridgehead atoms. The van der Waals surface area contributed by atoms with Crippen molar-refractivity contribution in [1.82, 2.24) is 62.1 Å². The number of carbonyl (C=O) groups excluding carboxylic acids is 7. The Labute approximate surface area is 612 Å². The van der Waals surface area contributed by atoms with Crippen LogP contribution in [0.3, 0.4) is 0 Å². The third kappa shape index (κ3) is 31.3. The van der Waals surface area contributed by atoms with Gasteiger partial charge in [0.2, 0.25) is 35.4 Å². The molecule has 574 valence electrons. The zero-order chi connectivity index (χ0) is 76.2. The number of amides is 8. The lowest BCUT2D eigenvalue weighted by Gasteiger charge is -2.32. The minimum Gasteiger partial charge on any atom is -0.497 e. The number of benzene rings is 4. The van der Waals surface area contributed by atoms with Gasteiger partial charge in [0, 0.05) is 96.5 Å². The number of hydrogen-bond donors (Lipinski definition) is 14. The number of fused-ring (bicyclic) bond motifs is 2. The van der Waals surface area contributed by atoms with Gasteiger partial charge in [-0.1, -0.05) is 60.7 Å². The standard InChI is InChI=1S/C72H100N12O20S/c1-104-52-25-21-47(22-26-52)11-10-18-60(85)75-40-61(86)77-56(16-6-8-27-73-62(87)41-81-29-31-82(42-63(88)89)33-35-84(44-65(92)93)36-34-83(32-30-81)43-64(90)91)68(97)76-39-48-19-23-49(24-20-48)67(96)78-58(38-55-53-14-4-2-12-50(53)37-51-13-3-5-15-54(51)55)69(98)74-28-9-7-17-57(70(99)100)79-72(103)80-59(71(101)102)45-105-46-66(94)95/h2-5,12-15,21-22,25-26,37,48-49,56-59H,6-11,16-20,23-24,27-36,38-46H2,1H3,(H,73,87)(H,74,98)(H,75,85)(H,76,97)(H,77,86)(H,78,96)(H,88,89)(H,90,91)(H,92,93)(H,94,95)(H,99,100)(H,101,102)(H2,79,80,103)/t48-,49-,56-,57-,58-,59-/m0/s1. The van der Waals surface area contributed by atoms with Gasteiger partial charge in [-0.25, -0.2) is 14.4 Å². The normalized spacial score (nSPS) is 16.8. The van der Waals surface area contributed by atoms with Crippen LogP contribution in [-0.4, -0.2) is 275 Å². The van der Waals surface area contributed by atoms with Crippen LogP contribution in [0.25, 0.3) is 21.5 Å². The Balaban J connectivity index is 1.05. The number of carboxylic acids is 6. The van der Waals surface area contributed by atoms with Gasteiger partial charge in [-0.15, -0.1) is 11.8 Å². The fourth-order valence-corrected chi connectivity index (χ4v) is 13.4. The molecule has 0 unspecified atom stereocenters. The molecular weight excluding hydrogens is 1380 g/mol. The van der Waals surface area contributed by atoms with Crippen LogP contribution in [-0.2, 0) is 70.4 Å². The molecule has 1 aliphatic heterocycles. The van der Waals surface area contributed by atoms with Gasteiger partial charge in [-0.3, -0.25) is 67.5 Å². The second kappa shape index (κ2) is 44.8. The van der Waals surface area contributed by atoms with Crippen LogP contribution in [0.4, 0.5) is 4.79 Å². The van der Waals surface area contributed by atoms with E-state index in [1.165, 1.54) is 0 Å². The number of nitrogens with one attached hydrogen (secondary N) is 8. The number of aliphatic carboxylic acids is 6. The maximum atomic E-state index is 14.4. The molecule has 0 spiro atoms. The Morgan fingerprint density at radius 3 is 1.52 bits per heavy atom. The van der Waals surface area contributed by atoms with E-state index in [0.717, 1.165) is 44.4 Å². The highest BCUT2D eigenvalue weighted by Gasteiger charge is 2.33. The van der Waals surface area contributed by atoms with E-state index in [-0.39, 0.29) is 166 Å². The van der Waals surface area contributed by atoms with Crippen LogP contribution >= 0.6 is 11.8 Å². The first-order chi connectivity index (χ1) is 50.3. The van der Waals surface area contributed by atoms with Crippen molar-refractivity contribution in [2.24, 2.45) is 11.8 Å². The number of urea groups is 1. The van der Waals surface area contributed by atoms with Crippen LogP contribution in [0.1, 0.15) is 88.2 Å². The van der Waals surface area contributed by atoms with E-state index in [2.05, 4.69) is 48.6 Å². The van der Waals surface area contributed by atoms with Crippen molar-refractivity contribution in [2.75, 3.05) is 123 Å². The Kier molecular flexibility index (Phi) is 36.0. The quantitative estimate of drug-likeness (QED) is 0.0221. The SMILES string of the molecule is COc1ccc(CCCC(=O)NCC(=O)N[C@@H](CCCCNC(=O)CN2CCN(CC(=O)O)CCN(CC(=O)O)CCN(CC(=O)O)CC2)C(=O)NC[C@H]2CC[C@H](C(=O)N[C@@H](Cc3c4ccccc4cc4ccccc34)C(=O)NCCCC[C@H](NC(=O)N[C@@H](CSCC(=O)O)C(=O)O)C(=O)O)CC2)cc1. The molecule has 4 atom stereocenters. The van der Waals surface area contributed by atoms with E-state index in [9.17, 15) is 87.9 Å². The van der Waals surface area contributed by atoms with Crippen LogP contribution in [0.5, 0.6) is 5.75 Å². The molecule has 1 aliphatic carbocycles. The molecule has 14 N–H and O–H groups in total. The van der Waals surface area contributed by atoms with Gasteiger partial charge in [0.25, 0.3) is 0 Å². The maximum absolute atomic E-state index is 14.4. The summed E-state index contributed by atoms with van der Waals surface area (Å²) in [5.41, 5.74) is 1.84. The number of nitrogens with zero attached hydrogens (tertiary/aromatic N) is 4. The maximum Gasteiger partial charge on any atom is 0.327 e. The fourth-order valence-electron chi connectivity index (χ4n) is 12.7. The number of rotatable bonds is 42. The Morgan fingerprint density at radius 1 is 0.495 bits per heavy atom. The van der Waals surface area contributed by atoms with Gasteiger partial charge in [0.15, 0.2) is 0 Å². The molecule has 0 aromatic heterocycles. The summed E-state index contributed by atoms with van der Waals surface area (Å²) in [4.78, 5) is 172. The molecule has 33 heteroatoms. The van der Waals surface area contributed by atoms with E-state index in [4.69, 9.17) is 9.84 Å². The van der Waals surface area contributed by atoms with Crippen molar-refractivity contribution < 1.29 is 97.7 Å². The third-order valence-corrected chi connectivity index (χ3v) is 19.4. The fraction of sp³-hybridized carbons (Fsp3) is 0.542. The first-order valence-electron chi connectivity index (χ1n) is 35.4. The van der Waals surface area contributed by atoms with Crippen molar-refractivity contribution in [3.63, 3.8) is 0 Å². The highest BCUT2D eigenvalue weighted by Crippen LogP contribution is 2.32. The Hall–Kier alpha value is -9.70. The number of carbonyl (C=O) groups is 13. The minimum atomic E-state index is -1.50. The average Bonchev–Trinajstić information content (AvgIpc) is 0.773. The summed E-state index contributed by atoms with van der Waals surface area (Å²) in [6.45, 7) is 0.798. The van der Waals surface area contributed by atoms with Crippen LogP contribution < -0.4 is 47.3 Å². The molecule has 6 rings (SSSR count). The summed E-state index contributed by atoms with van der Waals surface area (Å²) in [5, 5.41) is 82.4. The number of ether oxygens (including phenoxy) is 1. The molecule has 2 aliphatic rings. The lowest BCUT2D eigenvalue weighted by Crippen LogP contribution is -2.52. The number of unbranched alkanes of at least 4 members (excludes halogenated alkanes) is 2. The predicted octanol–water partition coefficient (Wildman–Crippen LogP) is 1.65. The first kappa shape index (κ1) is 84.2. The van der Waals surface area contributed by atoms with Crippen LogP contribution in [0.2, 0.25) is 0 Å². The van der Waals surface area contributed by atoms with E-state index in [1.807, 2.05) is 72.8 Å². The van der Waals surface area contributed by atoms with Crippen molar-refractivity contribution in [3.8, 4) is 5.75 Å². The molecule has 8 amide bonds. The van der Waals surface area contributed by atoms with Gasteiger partial charge in [-0.2, -0.15) is 0 Å². The minimum absolute atomic E-state index is 0.0621. The highest BCUT2D eigenvalue weighted by atomic mass is 32.2. The molecule has 4 aromatic carbocycles. The molecule has 1 saturated heterocycles. The summed E-state index contributed by atoms with van der Waals surface area (Å²) in [6, 6.07) is 18.8. The third-order valence-electron chi connectivity index (χ3n) is 18.4. The average molecular weight is 1490 g/mol. The molecule has 1 saturated carbocycles. The monoisotopic (exact) mass is 1480 g/mol. The predicted molar refractivity (Wildman–Crippen MR) is 388 cm³/mol. The highest BCUT2D eigenvalue weighted by molar-refractivity contribution is 8.00. The molecular formula is C72H100N12O20S. The van der Waals surface area contributed by atoms with E-state index in [0.29, 0.717) is 57.1 Å².